The molecule has 0 radical (unpaired) electrons. The molecule has 1 saturated carbocycles. The smallest absolute Gasteiger partial charge is 0.305 e. The lowest BCUT2D eigenvalue weighted by molar-refractivity contribution is -0.387. The molecule has 1 aliphatic rings. The number of nitro groups is 1. The zero-order valence-electron chi connectivity index (χ0n) is 9.76. The summed E-state index contributed by atoms with van der Waals surface area (Å²) >= 11 is 0. The molecule has 0 amide bonds. The van der Waals surface area contributed by atoms with Crippen LogP contribution in [0.1, 0.15) is 25.7 Å². The second-order valence-corrected chi connectivity index (χ2v) is 4.59. The van der Waals surface area contributed by atoms with Crippen LogP contribution in [-0.4, -0.2) is 22.2 Å². The van der Waals surface area contributed by atoms with Gasteiger partial charge in [-0.05, 0) is 18.9 Å². The van der Waals surface area contributed by atoms with Crippen molar-refractivity contribution in [2.45, 2.75) is 31.3 Å². The molecule has 1 N–H and O–H groups in total. The lowest BCUT2D eigenvalue weighted by Crippen LogP contribution is -2.32. The van der Waals surface area contributed by atoms with Gasteiger partial charge in [0.05, 0.1) is 10.5 Å². The first-order valence-corrected chi connectivity index (χ1v) is 5.79. The first kappa shape index (κ1) is 12.8. The Bertz CT molecular complexity index is 457. The third kappa shape index (κ3) is 2.76. The van der Waals surface area contributed by atoms with E-state index in [1.54, 1.807) is 0 Å². The zero-order valence-corrected chi connectivity index (χ0v) is 9.76. The molecule has 1 fully saturated rings. The summed E-state index contributed by atoms with van der Waals surface area (Å²) in [5.41, 5.74) is -1.43. The van der Waals surface area contributed by atoms with E-state index in [0.717, 1.165) is 25.0 Å². The number of ether oxygens (including phenoxy) is 1. The Morgan fingerprint density at radius 3 is 2.67 bits per heavy atom. The average Bonchev–Trinajstić information content (AvgIpc) is 2.74. The van der Waals surface area contributed by atoms with Crippen molar-refractivity contribution in [1.82, 2.24) is 0 Å². The largest absolute Gasteiger partial charge is 0.490 e. The van der Waals surface area contributed by atoms with Crippen LogP contribution in [0.2, 0.25) is 0 Å². The van der Waals surface area contributed by atoms with Gasteiger partial charge in [-0.1, -0.05) is 12.8 Å². The Labute approximate surface area is 103 Å². The van der Waals surface area contributed by atoms with Crippen molar-refractivity contribution in [2.24, 2.45) is 0 Å². The number of rotatable bonds is 4. The van der Waals surface area contributed by atoms with Gasteiger partial charge in [0, 0.05) is 12.1 Å². The second kappa shape index (κ2) is 4.89. The van der Waals surface area contributed by atoms with E-state index in [0.29, 0.717) is 12.8 Å². The lowest BCUT2D eigenvalue weighted by Gasteiger charge is -2.22. The fourth-order valence-corrected chi connectivity index (χ4v) is 2.12. The Balaban J connectivity index is 2.02. The SMILES string of the molecule is O=[N+]([O-])c1ccc(OCC2(O)CCCC2)cc1F. The molecule has 0 aromatic heterocycles. The van der Waals surface area contributed by atoms with Crippen molar-refractivity contribution < 1.29 is 19.2 Å². The van der Waals surface area contributed by atoms with Crippen molar-refractivity contribution in [3.05, 3.63) is 34.1 Å². The molecule has 1 aromatic rings. The number of nitro benzene ring substituents is 1. The lowest BCUT2D eigenvalue weighted by atomic mass is 10.0. The molecule has 0 unspecified atom stereocenters. The van der Waals surface area contributed by atoms with Gasteiger partial charge in [-0.15, -0.1) is 0 Å². The minimum absolute atomic E-state index is 0.0876. The maximum absolute atomic E-state index is 13.3. The molecule has 0 spiro atoms. The van der Waals surface area contributed by atoms with Gasteiger partial charge in [-0.3, -0.25) is 10.1 Å². The van der Waals surface area contributed by atoms with E-state index < -0.39 is 22.0 Å². The highest BCUT2D eigenvalue weighted by Gasteiger charge is 2.32. The molecule has 0 aliphatic heterocycles. The normalized spacial score (nSPS) is 17.7. The fraction of sp³-hybridized carbons (Fsp3) is 0.500. The summed E-state index contributed by atoms with van der Waals surface area (Å²) in [7, 11) is 0. The minimum Gasteiger partial charge on any atom is -0.490 e. The maximum atomic E-state index is 13.3. The van der Waals surface area contributed by atoms with Crippen LogP contribution in [0.3, 0.4) is 0 Å². The van der Waals surface area contributed by atoms with Gasteiger partial charge in [0.1, 0.15) is 12.4 Å². The van der Waals surface area contributed by atoms with Crippen LogP contribution in [0.15, 0.2) is 18.2 Å². The Morgan fingerprint density at radius 1 is 1.44 bits per heavy atom. The van der Waals surface area contributed by atoms with Crippen molar-refractivity contribution in [3.8, 4) is 5.75 Å². The molecular formula is C12H14FNO4. The van der Waals surface area contributed by atoms with Gasteiger partial charge in [0.25, 0.3) is 0 Å². The van der Waals surface area contributed by atoms with E-state index in [2.05, 4.69) is 0 Å². The van der Waals surface area contributed by atoms with Crippen LogP contribution in [0.5, 0.6) is 5.75 Å². The number of hydrogen-bond acceptors (Lipinski definition) is 4. The van der Waals surface area contributed by atoms with Gasteiger partial charge in [-0.2, -0.15) is 4.39 Å². The van der Waals surface area contributed by atoms with Gasteiger partial charge in [-0.25, -0.2) is 0 Å². The van der Waals surface area contributed by atoms with E-state index in [-0.39, 0.29) is 12.4 Å². The minimum atomic E-state index is -0.934. The molecule has 0 saturated heterocycles. The topological polar surface area (TPSA) is 72.6 Å². The molecule has 0 heterocycles. The summed E-state index contributed by atoms with van der Waals surface area (Å²) in [6.45, 7) is 0.0876. The third-order valence-corrected chi connectivity index (χ3v) is 3.16. The highest BCUT2D eigenvalue weighted by atomic mass is 19.1. The summed E-state index contributed by atoms with van der Waals surface area (Å²) in [6.07, 6.45) is 3.24. The van der Waals surface area contributed by atoms with Gasteiger partial charge >= 0.3 is 5.69 Å². The number of benzene rings is 1. The molecule has 0 atom stereocenters. The average molecular weight is 255 g/mol. The van der Waals surface area contributed by atoms with Crippen molar-refractivity contribution in [2.75, 3.05) is 6.61 Å². The van der Waals surface area contributed by atoms with E-state index in [4.69, 9.17) is 4.74 Å². The summed E-state index contributed by atoms with van der Waals surface area (Å²) in [6, 6.07) is 3.36. The van der Waals surface area contributed by atoms with Crippen LogP contribution in [0, 0.1) is 15.9 Å². The van der Waals surface area contributed by atoms with Crippen molar-refractivity contribution >= 4 is 5.69 Å². The third-order valence-electron chi connectivity index (χ3n) is 3.16. The first-order chi connectivity index (χ1) is 8.50. The Morgan fingerprint density at radius 2 is 2.11 bits per heavy atom. The zero-order chi connectivity index (χ0) is 13.2. The predicted octanol–water partition coefficient (Wildman–Crippen LogP) is 2.42. The van der Waals surface area contributed by atoms with E-state index in [1.165, 1.54) is 6.07 Å². The van der Waals surface area contributed by atoms with Gasteiger partial charge in [0.15, 0.2) is 0 Å². The second-order valence-electron chi connectivity index (χ2n) is 4.59. The monoisotopic (exact) mass is 255 g/mol. The van der Waals surface area contributed by atoms with Gasteiger partial charge < -0.3 is 9.84 Å². The fourth-order valence-electron chi connectivity index (χ4n) is 2.12. The molecule has 98 valence electrons. The van der Waals surface area contributed by atoms with Crippen LogP contribution < -0.4 is 4.74 Å². The Hall–Kier alpha value is -1.69. The van der Waals surface area contributed by atoms with Crippen LogP contribution in [0.25, 0.3) is 0 Å². The highest BCUT2D eigenvalue weighted by molar-refractivity contribution is 5.37. The Kier molecular flexibility index (Phi) is 3.47. The van der Waals surface area contributed by atoms with E-state index in [1.807, 2.05) is 0 Å². The van der Waals surface area contributed by atoms with Crippen molar-refractivity contribution in [1.29, 1.82) is 0 Å². The van der Waals surface area contributed by atoms with E-state index >= 15 is 0 Å². The molecule has 0 bridgehead atoms. The van der Waals surface area contributed by atoms with Gasteiger partial charge in [0.2, 0.25) is 5.82 Å². The maximum Gasteiger partial charge on any atom is 0.305 e. The van der Waals surface area contributed by atoms with Crippen LogP contribution in [-0.2, 0) is 0 Å². The number of hydrogen-bond donors (Lipinski definition) is 1. The standard InChI is InChI=1S/C12H14FNO4/c13-10-7-9(3-4-11(10)14(16)17)18-8-12(15)5-1-2-6-12/h3-4,7,15H,1-2,5-6,8H2. The predicted molar refractivity (Wildman–Crippen MR) is 62.0 cm³/mol. The summed E-state index contributed by atoms with van der Waals surface area (Å²) < 4.78 is 18.6. The summed E-state index contributed by atoms with van der Waals surface area (Å²) in [4.78, 5) is 9.65. The molecule has 1 aliphatic carbocycles. The number of aliphatic hydroxyl groups is 1. The number of nitrogens with zero attached hydrogens (tertiary/aromatic N) is 1. The van der Waals surface area contributed by atoms with E-state index in [9.17, 15) is 19.6 Å². The first-order valence-electron chi connectivity index (χ1n) is 5.79. The molecular weight excluding hydrogens is 241 g/mol. The quantitative estimate of drug-likeness (QED) is 0.662. The van der Waals surface area contributed by atoms with Crippen molar-refractivity contribution in [3.63, 3.8) is 0 Å². The van der Waals surface area contributed by atoms with Crippen LogP contribution in [0.4, 0.5) is 10.1 Å². The van der Waals surface area contributed by atoms with Crippen LogP contribution >= 0.6 is 0 Å². The molecule has 18 heavy (non-hydrogen) atoms. The molecule has 2 rings (SSSR count). The molecule has 5 nitrogen and oxygen atoms in total. The number of halogens is 1. The highest BCUT2D eigenvalue weighted by Crippen LogP contribution is 2.30. The summed E-state index contributed by atoms with van der Waals surface area (Å²) in [5, 5.41) is 20.5. The molecule has 6 heteroatoms. The molecule has 1 aromatic carbocycles. The summed E-state index contributed by atoms with van der Waals surface area (Å²) in [5.74, 6) is -0.741.